The summed E-state index contributed by atoms with van der Waals surface area (Å²) in [4.78, 5) is 42.6. The van der Waals surface area contributed by atoms with Gasteiger partial charge in [0.15, 0.2) is 17.3 Å². The van der Waals surface area contributed by atoms with Crippen LogP contribution in [0.15, 0.2) is 48.5 Å². The van der Waals surface area contributed by atoms with Gasteiger partial charge < -0.3 is 34.1 Å². The van der Waals surface area contributed by atoms with Crippen LogP contribution >= 0.6 is 11.6 Å². The Morgan fingerprint density at radius 2 is 1.63 bits per heavy atom. The summed E-state index contributed by atoms with van der Waals surface area (Å²) in [7, 11) is 1.44. The standard InChI is InChI=1S/C38H48ClFN2O9/c1-22(2)49-35(45)50-23(3)21-48-31-14-12-25(18-32(31)47-10)30(43)15-16-38(9,46)33-20-26(37(7,8)42-34(44)51-36(4,5)6)19-29(41-33)24-11-13-28(40)27(39)17-24/h11-14,17-20,22-23,46H,15-16,21H2,1-10H3,(H,42,44)/t23-,38?/m1/s1. The SMILES string of the molecule is COc1cc(C(=O)CCC(C)(O)c2cc(C(C)(C)NC(=O)OC(C)(C)C)cc(-c3ccc(F)c(Cl)c3)n2)ccc1OC[C@@H](C)OC(=O)OC(C)C. The number of ketones is 1. The van der Waals surface area contributed by atoms with E-state index >= 15 is 0 Å². The first kappa shape index (κ1) is 41.0. The number of amides is 1. The molecule has 11 nitrogen and oxygen atoms in total. The normalized spacial score (nSPS) is 13.5. The molecule has 0 fully saturated rings. The number of carbonyl (C=O) groups is 3. The number of methoxy groups -OCH3 is 1. The van der Waals surface area contributed by atoms with E-state index in [-0.39, 0.29) is 42.1 Å². The number of benzene rings is 2. The van der Waals surface area contributed by atoms with Crippen molar-refractivity contribution in [1.29, 1.82) is 0 Å². The van der Waals surface area contributed by atoms with Crippen molar-refractivity contribution in [3.63, 3.8) is 0 Å². The molecule has 0 aliphatic carbocycles. The second kappa shape index (κ2) is 16.7. The van der Waals surface area contributed by atoms with Crippen molar-refractivity contribution < 1.29 is 47.6 Å². The zero-order valence-corrected chi connectivity index (χ0v) is 31.6. The van der Waals surface area contributed by atoms with Gasteiger partial charge in [0.2, 0.25) is 0 Å². The fourth-order valence-electron chi connectivity index (χ4n) is 4.82. The number of halogens is 2. The number of nitrogens with zero attached hydrogens (tertiary/aromatic N) is 1. The van der Waals surface area contributed by atoms with Crippen LogP contribution in [0.4, 0.5) is 14.0 Å². The number of rotatable bonds is 14. The van der Waals surface area contributed by atoms with Gasteiger partial charge >= 0.3 is 12.2 Å². The first-order valence-corrected chi connectivity index (χ1v) is 16.9. The van der Waals surface area contributed by atoms with Gasteiger partial charge in [-0.3, -0.25) is 4.79 Å². The number of hydrogen-bond acceptors (Lipinski definition) is 10. The lowest BCUT2D eigenvalue weighted by Gasteiger charge is -2.31. The lowest BCUT2D eigenvalue weighted by atomic mass is 9.87. The van der Waals surface area contributed by atoms with Crippen molar-refractivity contribution in [2.24, 2.45) is 0 Å². The smallest absolute Gasteiger partial charge is 0.493 e. The van der Waals surface area contributed by atoms with Gasteiger partial charge in [-0.25, -0.2) is 19.0 Å². The van der Waals surface area contributed by atoms with Gasteiger partial charge in [0.1, 0.15) is 29.7 Å². The second-order valence-corrected chi connectivity index (χ2v) is 14.6. The number of hydrogen-bond donors (Lipinski definition) is 2. The number of aromatic nitrogens is 1. The molecule has 0 saturated carbocycles. The molecule has 0 radical (unpaired) electrons. The van der Waals surface area contributed by atoms with Crippen LogP contribution in [-0.4, -0.2) is 59.6 Å². The topological polar surface area (TPSA) is 143 Å². The van der Waals surface area contributed by atoms with E-state index in [2.05, 4.69) is 5.32 Å². The Labute approximate surface area is 303 Å². The van der Waals surface area contributed by atoms with Crippen LogP contribution in [0, 0.1) is 5.82 Å². The number of pyridine rings is 1. The minimum absolute atomic E-state index is 0.0159. The van der Waals surface area contributed by atoms with E-state index in [1.54, 1.807) is 86.6 Å². The molecule has 3 aromatic rings. The van der Waals surface area contributed by atoms with Crippen LogP contribution < -0.4 is 14.8 Å². The third-order valence-corrected chi connectivity index (χ3v) is 7.84. The van der Waals surface area contributed by atoms with Crippen molar-refractivity contribution in [1.82, 2.24) is 10.3 Å². The van der Waals surface area contributed by atoms with E-state index in [1.807, 2.05) is 0 Å². The van der Waals surface area contributed by atoms with Crippen LogP contribution in [0.2, 0.25) is 5.02 Å². The van der Waals surface area contributed by atoms with Gasteiger partial charge in [0.25, 0.3) is 0 Å². The van der Waals surface area contributed by atoms with Crippen LogP contribution in [0.25, 0.3) is 11.3 Å². The van der Waals surface area contributed by atoms with Gasteiger partial charge in [-0.05, 0) is 123 Å². The average Bonchev–Trinajstić information content (AvgIpc) is 3.02. The molecule has 0 saturated heterocycles. The Bertz CT molecular complexity index is 1720. The van der Waals surface area contributed by atoms with Crippen LogP contribution in [0.1, 0.15) is 96.8 Å². The Morgan fingerprint density at radius 1 is 0.941 bits per heavy atom. The summed E-state index contributed by atoms with van der Waals surface area (Å²) >= 11 is 6.09. The number of Topliss-reactive ketones (excluding diaryl/α,β-unsaturated/α-hetero) is 1. The van der Waals surface area contributed by atoms with Gasteiger partial charge in [-0.2, -0.15) is 0 Å². The molecule has 1 amide bonds. The van der Waals surface area contributed by atoms with E-state index in [9.17, 15) is 23.9 Å². The van der Waals surface area contributed by atoms with Crippen molar-refractivity contribution in [2.45, 2.75) is 104 Å². The molecule has 2 atom stereocenters. The van der Waals surface area contributed by atoms with Crippen LogP contribution in [-0.2, 0) is 25.4 Å². The fourth-order valence-corrected chi connectivity index (χ4v) is 5.00. The zero-order valence-electron chi connectivity index (χ0n) is 30.8. The van der Waals surface area contributed by atoms with E-state index in [0.717, 1.165) is 0 Å². The molecular formula is C38H48ClFN2O9. The highest BCUT2D eigenvalue weighted by Gasteiger charge is 2.32. The molecule has 1 heterocycles. The number of ether oxygens (including phenoxy) is 5. The summed E-state index contributed by atoms with van der Waals surface area (Å²) in [6, 6.07) is 12.2. The van der Waals surface area contributed by atoms with Gasteiger partial charge in [-0.1, -0.05) is 11.6 Å². The number of nitrogens with one attached hydrogen (secondary N) is 1. The highest BCUT2D eigenvalue weighted by atomic mass is 35.5. The Morgan fingerprint density at radius 3 is 2.24 bits per heavy atom. The minimum atomic E-state index is -1.62. The Hall–Kier alpha value is -4.42. The predicted octanol–water partition coefficient (Wildman–Crippen LogP) is 8.51. The van der Waals surface area contributed by atoms with E-state index < -0.39 is 40.9 Å². The molecule has 0 aliphatic rings. The molecule has 0 bridgehead atoms. The summed E-state index contributed by atoms with van der Waals surface area (Å²) in [5.74, 6) is -0.244. The molecule has 2 N–H and O–H groups in total. The molecule has 0 aliphatic heterocycles. The van der Waals surface area contributed by atoms with Crippen LogP contribution in [0.3, 0.4) is 0 Å². The molecule has 1 aromatic heterocycles. The fraction of sp³-hybridized carbons (Fsp3) is 0.474. The van der Waals surface area contributed by atoms with E-state index in [1.165, 1.54) is 31.4 Å². The maximum Gasteiger partial charge on any atom is 0.508 e. The van der Waals surface area contributed by atoms with Crippen molar-refractivity contribution in [3.05, 3.63) is 76.2 Å². The molecule has 51 heavy (non-hydrogen) atoms. The largest absolute Gasteiger partial charge is 0.508 e. The van der Waals surface area contributed by atoms with E-state index in [4.69, 9.17) is 40.3 Å². The number of alkyl carbamates (subject to hydrolysis) is 1. The minimum Gasteiger partial charge on any atom is -0.493 e. The first-order chi connectivity index (χ1) is 23.6. The lowest BCUT2D eigenvalue weighted by Crippen LogP contribution is -2.44. The molecular weight excluding hydrogens is 683 g/mol. The Kier molecular flexibility index (Phi) is 13.5. The number of carbonyl (C=O) groups excluding carboxylic acids is 3. The van der Waals surface area contributed by atoms with Crippen molar-refractivity contribution in [2.75, 3.05) is 13.7 Å². The summed E-state index contributed by atoms with van der Waals surface area (Å²) in [5.41, 5.74) is -1.40. The summed E-state index contributed by atoms with van der Waals surface area (Å²) in [5, 5.41) is 14.5. The second-order valence-electron chi connectivity index (χ2n) is 14.2. The summed E-state index contributed by atoms with van der Waals surface area (Å²) in [6.07, 6.45) is -2.47. The monoisotopic (exact) mass is 730 g/mol. The third-order valence-electron chi connectivity index (χ3n) is 7.56. The lowest BCUT2D eigenvalue weighted by molar-refractivity contribution is -0.000668. The highest BCUT2D eigenvalue weighted by Crippen LogP contribution is 2.35. The first-order valence-electron chi connectivity index (χ1n) is 16.5. The van der Waals surface area contributed by atoms with E-state index in [0.29, 0.717) is 33.9 Å². The maximum atomic E-state index is 14.0. The molecule has 3 rings (SSSR count). The van der Waals surface area contributed by atoms with Crippen LogP contribution in [0.5, 0.6) is 11.5 Å². The van der Waals surface area contributed by atoms with Crippen molar-refractivity contribution in [3.8, 4) is 22.8 Å². The van der Waals surface area contributed by atoms with Gasteiger partial charge in [0.05, 0.1) is 35.2 Å². The predicted molar refractivity (Wildman–Crippen MR) is 191 cm³/mol. The molecule has 13 heteroatoms. The zero-order chi connectivity index (χ0) is 38.3. The molecule has 0 spiro atoms. The average molecular weight is 731 g/mol. The molecule has 2 aromatic carbocycles. The number of aliphatic hydroxyl groups is 1. The summed E-state index contributed by atoms with van der Waals surface area (Å²) < 4.78 is 40.9. The Balaban J connectivity index is 1.84. The van der Waals surface area contributed by atoms with Gasteiger partial charge in [0, 0.05) is 17.5 Å². The molecule has 278 valence electrons. The molecule has 1 unspecified atom stereocenters. The summed E-state index contributed by atoms with van der Waals surface area (Å²) in [6.45, 7) is 15.4. The quantitative estimate of drug-likeness (QED) is 0.122. The third kappa shape index (κ3) is 12.1. The highest BCUT2D eigenvalue weighted by molar-refractivity contribution is 6.31. The van der Waals surface area contributed by atoms with Gasteiger partial charge in [-0.15, -0.1) is 0 Å². The van der Waals surface area contributed by atoms with Crippen molar-refractivity contribution >= 4 is 29.6 Å². The maximum absolute atomic E-state index is 14.0.